The van der Waals surface area contributed by atoms with Crippen molar-refractivity contribution in [3.63, 3.8) is 0 Å². The Labute approximate surface area is 113 Å². The molecular weight excluding hydrogens is 244 g/mol. The Kier molecular flexibility index (Phi) is 3.19. The van der Waals surface area contributed by atoms with Gasteiger partial charge in [0.2, 0.25) is 0 Å². The average Bonchev–Trinajstić information content (AvgIpc) is 2.47. The summed E-state index contributed by atoms with van der Waals surface area (Å²) in [4.78, 5) is 10.2. The molecule has 1 aliphatic heterocycles. The summed E-state index contributed by atoms with van der Waals surface area (Å²) in [6.07, 6.45) is 1.72. The van der Waals surface area contributed by atoms with Crippen LogP contribution in [0, 0.1) is 26.8 Å². The van der Waals surface area contributed by atoms with Crippen molar-refractivity contribution >= 4 is 17.9 Å². The van der Waals surface area contributed by atoms with Crippen molar-refractivity contribution in [2.24, 2.45) is 10.8 Å². The molecule has 0 amide bonds. The molecule has 0 aromatic heterocycles. The van der Waals surface area contributed by atoms with E-state index in [-0.39, 0.29) is 17.5 Å². The van der Waals surface area contributed by atoms with Crippen molar-refractivity contribution in [2.45, 2.75) is 40.3 Å². The molecule has 0 radical (unpaired) electrons. The van der Waals surface area contributed by atoms with Gasteiger partial charge in [-0.05, 0) is 16.3 Å². The first-order valence-electron chi connectivity index (χ1n) is 6.58. The first-order chi connectivity index (χ1) is 8.66. The monoisotopic (exact) mass is 263 g/mol. The second-order valence-electron chi connectivity index (χ2n) is 6.81. The van der Waals surface area contributed by atoms with Crippen molar-refractivity contribution in [3.8, 4) is 0 Å². The van der Waals surface area contributed by atoms with Gasteiger partial charge in [-0.15, -0.1) is 0 Å². The highest BCUT2D eigenvalue weighted by Crippen LogP contribution is 2.52. The van der Waals surface area contributed by atoms with E-state index in [1.807, 2.05) is 0 Å². The van der Waals surface area contributed by atoms with Crippen molar-refractivity contribution in [1.29, 1.82) is 0 Å². The Morgan fingerprint density at radius 1 is 1.21 bits per heavy atom. The lowest BCUT2D eigenvalue weighted by molar-refractivity contribution is -0.387. The van der Waals surface area contributed by atoms with Crippen LogP contribution in [0.2, 0.25) is 12.6 Å². The molecule has 1 heterocycles. The third-order valence-corrected chi connectivity index (χ3v) is 4.99. The number of nitro benzene ring substituents is 1. The number of benzene rings is 1. The Hall–Kier alpha value is -1.39. The van der Waals surface area contributed by atoms with E-state index in [0.717, 1.165) is 12.6 Å². The highest BCUT2D eigenvalue weighted by molar-refractivity contribution is 6.74. The molecule has 0 unspecified atom stereocenters. The molecule has 2 rings (SSSR count). The fourth-order valence-electron chi connectivity index (χ4n) is 3.07. The Balaban J connectivity index is 2.40. The molecule has 102 valence electrons. The number of rotatable bonds is 2. The molecular formula is C14H19BFNO2. The van der Waals surface area contributed by atoms with Gasteiger partial charge in [-0.3, -0.25) is 10.1 Å². The van der Waals surface area contributed by atoms with Gasteiger partial charge in [0.05, 0.1) is 4.92 Å². The first kappa shape index (κ1) is 14.0. The van der Waals surface area contributed by atoms with Gasteiger partial charge in [0.25, 0.3) is 0 Å². The van der Waals surface area contributed by atoms with Crippen molar-refractivity contribution < 1.29 is 9.31 Å². The number of nitrogens with zero attached hydrogens (tertiary/aromatic N) is 1. The predicted molar refractivity (Wildman–Crippen MR) is 75.6 cm³/mol. The molecule has 0 saturated carbocycles. The van der Waals surface area contributed by atoms with Crippen LogP contribution in [-0.4, -0.2) is 11.6 Å². The maximum Gasteiger partial charge on any atom is 0.304 e. The second-order valence-corrected chi connectivity index (χ2v) is 6.81. The molecule has 19 heavy (non-hydrogen) atoms. The van der Waals surface area contributed by atoms with Crippen LogP contribution in [0.5, 0.6) is 0 Å². The van der Waals surface area contributed by atoms with Gasteiger partial charge in [-0.1, -0.05) is 52.5 Å². The molecule has 0 bridgehead atoms. The number of hydrogen-bond acceptors (Lipinski definition) is 2. The van der Waals surface area contributed by atoms with Crippen LogP contribution in [0.4, 0.5) is 10.1 Å². The summed E-state index contributed by atoms with van der Waals surface area (Å²) in [5.41, 5.74) is 0.288. The molecule has 5 heteroatoms. The maximum atomic E-state index is 14.2. The van der Waals surface area contributed by atoms with E-state index < -0.39 is 16.4 Å². The molecule has 1 saturated heterocycles. The zero-order chi connectivity index (χ0) is 14.4. The largest absolute Gasteiger partial charge is 0.304 e. The lowest BCUT2D eigenvalue weighted by Gasteiger charge is -2.35. The zero-order valence-corrected chi connectivity index (χ0v) is 11.9. The van der Waals surface area contributed by atoms with Crippen molar-refractivity contribution in [2.75, 3.05) is 0 Å². The minimum Gasteiger partial charge on any atom is -0.258 e. The SMILES string of the molecule is CC1(C)CB(c2cccc([N+](=O)[O-])c2F)CC1(C)C. The molecule has 1 aromatic carbocycles. The highest BCUT2D eigenvalue weighted by atomic mass is 19.1. The predicted octanol–water partition coefficient (Wildman–Crippen LogP) is 3.50. The van der Waals surface area contributed by atoms with Crippen LogP contribution in [-0.2, 0) is 0 Å². The molecule has 1 aliphatic rings. The number of hydrogen-bond donors (Lipinski definition) is 0. The maximum absolute atomic E-state index is 14.2. The topological polar surface area (TPSA) is 43.1 Å². The van der Waals surface area contributed by atoms with Gasteiger partial charge in [0, 0.05) is 6.07 Å². The molecule has 1 aromatic rings. The van der Waals surface area contributed by atoms with Crippen molar-refractivity contribution in [3.05, 3.63) is 34.1 Å². The van der Waals surface area contributed by atoms with Crippen molar-refractivity contribution in [1.82, 2.24) is 0 Å². The molecule has 0 aliphatic carbocycles. The first-order valence-corrected chi connectivity index (χ1v) is 6.58. The quantitative estimate of drug-likeness (QED) is 0.465. The highest BCUT2D eigenvalue weighted by Gasteiger charge is 2.49. The Morgan fingerprint density at radius 3 is 2.21 bits per heavy atom. The summed E-state index contributed by atoms with van der Waals surface area (Å²) in [6, 6.07) is 4.49. The smallest absolute Gasteiger partial charge is 0.258 e. The van der Waals surface area contributed by atoms with Gasteiger partial charge < -0.3 is 0 Å². The van der Waals surface area contributed by atoms with Crippen LogP contribution in [0.3, 0.4) is 0 Å². The lowest BCUT2D eigenvalue weighted by atomic mass is 9.42. The van der Waals surface area contributed by atoms with E-state index in [4.69, 9.17) is 0 Å². The van der Waals surface area contributed by atoms with Gasteiger partial charge in [0.1, 0.15) is 0 Å². The number of halogens is 1. The third kappa shape index (κ3) is 2.26. The molecule has 0 N–H and O–H groups in total. The summed E-state index contributed by atoms with van der Waals surface area (Å²) < 4.78 is 14.2. The standard InChI is InChI=1S/C14H19BFNO2/c1-13(2)8-15(9-14(13,3)4)10-6-5-7-11(12(10)16)17(18)19/h5-7H,8-9H2,1-4H3. The fraction of sp³-hybridized carbons (Fsp3) is 0.571. The normalized spacial score (nSPS) is 20.6. The average molecular weight is 263 g/mol. The molecule has 3 nitrogen and oxygen atoms in total. The molecule has 0 spiro atoms. The van der Waals surface area contributed by atoms with E-state index >= 15 is 0 Å². The van der Waals surface area contributed by atoms with Gasteiger partial charge >= 0.3 is 5.69 Å². The molecule has 0 atom stereocenters. The lowest BCUT2D eigenvalue weighted by Crippen LogP contribution is -2.31. The second kappa shape index (κ2) is 4.32. The van der Waals surface area contributed by atoms with Gasteiger partial charge in [0.15, 0.2) is 12.5 Å². The van der Waals surface area contributed by atoms with E-state index in [1.165, 1.54) is 6.07 Å². The van der Waals surface area contributed by atoms with E-state index in [1.54, 1.807) is 12.1 Å². The Morgan fingerprint density at radius 2 is 1.74 bits per heavy atom. The minimum atomic E-state index is -0.661. The molecule has 1 fully saturated rings. The minimum absolute atomic E-state index is 0.0601. The third-order valence-electron chi connectivity index (χ3n) is 4.99. The van der Waals surface area contributed by atoms with E-state index in [2.05, 4.69) is 27.7 Å². The van der Waals surface area contributed by atoms with Crippen LogP contribution in [0.25, 0.3) is 0 Å². The van der Waals surface area contributed by atoms with Crippen LogP contribution in [0.1, 0.15) is 27.7 Å². The summed E-state index contributed by atoms with van der Waals surface area (Å²) in [7, 11) is 0. The summed E-state index contributed by atoms with van der Waals surface area (Å²) in [5, 5.41) is 10.8. The number of nitro groups is 1. The van der Waals surface area contributed by atoms with E-state index in [0.29, 0.717) is 5.46 Å². The van der Waals surface area contributed by atoms with Gasteiger partial charge in [-0.25, -0.2) is 0 Å². The van der Waals surface area contributed by atoms with Crippen LogP contribution < -0.4 is 5.46 Å². The van der Waals surface area contributed by atoms with Gasteiger partial charge in [-0.2, -0.15) is 4.39 Å². The zero-order valence-electron chi connectivity index (χ0n) is 11.9. The van der Waals surface area contributed by atoms with Crippen LogP contribution in [0.15, 0.2) is 18.2 Å². The fourth-order valence-corrected chi connectivity index (χ4v) is 3.07. The summed E-state index contributed by atoms with van der Waals surface area (Å²) in [6.45, 7) is 8.79. The summed E-state index contributed by atoms with van der Waals surface area (Å²) in [5.74, 6) is -0.661. The summed E-state index contributed by atoms with van der Waals surface area (Å²) >= 11 is 0. The van der Waals surface area contributed by atoms with E-state index in [9.17, 15) is 14.5 Å². The van der Waals surface area contributed by atoms with Crippen LogP contribution >= 0.6 is 0 Å². The Bertz CT molecular complexity index is 512.